The second-order valence-electron chi connectivity index (χ2n) is 4.50. The lowest BCUT2D eigenvalue weighted by Crippen LogP contribution is -2.11. The lowest BCUT2D eigenvalue weighted by molar-refractivity contribution is 0.0696. The molecule has 0 amide bonds. The number of carboxylic acid groups (broad SMARTS) is 1. The Kier molecular flexibility index (Phi) is 4.33. The minimum atomic E-state index is -1.09. The Hall–Kier alpha value is -2.69. The van der Waals surface area contributed by atoms with E-state index in [4.69, 9.17) is 5.11 Å². The second kappa shape index (κ2) is 6.17. The van der Waals surface area contributed by atoms with Crippen LogP contribution in [0.3, 0.4) is 0 Å². The number of ketones is 1. The Morgan fingerprint density at radius 3 is 2.52 bits per heavy atom. The monoisotopic (exact) mass is 287 g/mol. The predicted molar refractivity (Wildman–Crippen MR) is 77.4 cm³/mol. The van der Waals surface area contributed by atoms with E-state index < -0.39 is 11.8 Å². The van der Waals surface area contributed by atoms with Gasteiger partial charge in [0, 0.05) is 24.7 Å². The number of carbonyl (C=O) groups excluding carboxylic acids is 1. The highest BCUT2D eigenvalue weighted by molar-refractivity contribution is 6.03. The van der Waals surface area contributed by atoms with Crippen molar-refractivity contribution in [2.45, 2.75) is 6.42 Å². The average molecular weight is 287 g/mol. The Bertz CT molecular complexity index is 698. The van der Waals surface area contributed by atoms with E-state index in [1.807, 2.05) is 0 Å². The number of aromatic carboxylic acids is 1. The molecule has 108 valence electrons. The fourth-order valence-corrected chi connectivity index (χ4v) is 2.12. The molecule has 0 aromatic heterocycles. The van der Waals surface area contributed by atoms with Crippen molar-refractivity contribution in [3.63, 3.8) is 0 Å². The smallest absolute Gasteiger partial charge is 0.335 e. The normalized spacial score (nSPS) is 10.2. The molecule has 2 N–H and O–H groups in total. The number of hydrogen-bond acceptors (Lipinski definition) is 3. The summed E-state index contributed by atoms with van der Waals surface area (Å²) in [6.07, 6.45) is -0.0966. The van der Waals surface area contributed by atoms with Crippen LogP contribution in [0.4, 0.5) is 10.1 Å². The molecule has 0 aliphatic rings. The van der Waals surface area contributed by atoms with Gasteiger partial charge in [-0.1, -0.05) is 18.2 Å². The third kappa shape index (κ3) is 3.25. The molecular weight excluding hydrogens is 273 g/mol. The van der Waals surface area contributed by atoms with Crippen LogP contribution < -0.4 is 5.32 Å². The SMILES string of the molecule is CNc1ccc(F)cc1C(=O)Cc1ccccc1C(=O)O. The van der Waals surface area contributed by atoms with E-state index in [2.05, 4.69) is 5.32 Å². The molecule has 0 fully saturated rings. The Labute approximate surface area is 121 Å². The van der Waals surface area contributed by atoms with Gasteiger partial charge in [0.15, 0.2) is 5.78 Å². The fraction of sp³-hybridized carbons (Fsp3) is 0.125. The van der Waals surface area contributed by atoms with Crippen molar-refractivity contribution in [3.05, 3.63) is 65.0 Å². The molecule has 0 bridgehead atoms. The molecule has 0 heterocycles. The summed E-state index contributed by atoms with van der Waals surface area (Å²) in [4.78, 5) is 23.5. The molecule has 2 aromatic rings. The van der Waals surface area contributed by atoms with E-state index in [0.29, 0.717) is 11.3 Å². The van der Waals surface area contributed by atoms with Crippen molar-refractivity contribution in [2.24, 2.45) is 0 Å². The van der Waals surface area contributed by atoms with Gasteiger partial charge in [-0.25, -0.2) is 9.18 Å². The van der Waals surface area contributed by atoms with Gasteiger partial charge in [0.2, 0.25) is 0 Å². The zero-order valence-corrected chi connectivity index (χ0v) is 11.4. The van der Waals surface area contributed by atoms with Crippen molar-refractivity contribution in [3.8, 4) is 0 Å². The lowest BCUT2D eigenvalue weighted by atomic mass is 9.98. The predicted octanol–water partition coefficient (Wildman–Crippen LogP) is 2.99. The van der Waals surface area contributed by atoms with E-state index in [9.17, 15) is 14.0 Å². The van der Waals surface area contributed by atoms with E-state index in [1.165, 1.54) is 18.2 Å². The molecule has 21 heavy (non-hydrogen) atoms. The molecule has 2 rings (SSSR count). The van der Waals surface area contributed by atoms with Crippen LogP contribution in [0.25, 0.3) is 0 Å². The number of anilines is 1. The highest BCUT2D eigenvalue weighted by Gasteiger charge is 2.16. The van der Waals surface area contributed by atoms with Crippen molar-refractivity contribution < 1.29 is 19.1 Å². The molecule has 0 radical (unpaired) electrons. The molecule has 0 saturated carbocycles. The zero-order chi connectivity index (χ0) is 15.4. The van der Waals surface area contributed by atoms with Crippen LogP contribution in [0.2, 0.25) is 0 Å². The summed E-state index contributed by atoms with van der Waals surface area (Å²) in [6.45, 7) is 0. The first-order chi connectivity index (χ1) is 10.0. The quantitative estimate of drug-likeness (QED) is 0.830. The zero-order valence-electron chi connectivity index (χ0n) is 11.4. The van der Waals surface area contributed by atoms with Crippen LogP contribution in [0.5, 0.6) is 0 Å². The maximum absolute atomic E-state index is 13.3. The van der Waals surface area contributed by atoms with Gasteiger partial charge in [0.25, 0.3) is 0 Å². The van der Waals surface area contributed by atoms with Gasteiger partial charge >= 0.3 is 5.97 Å². The van der Waals surface area contributed by atoms with Crippen molar-refractivity contribution >= 4 is 17.4 Å². The Morgan fingerprint density at radius 1 is 1.14 bits per heavy atom. The van der Waals surface area contributed by atoms with Crippen molar-refractivity contribution in [1.82, 2.24) is 0 Å². The molecule has 0 spiro atoms. The summed E-state index contributed by atoms with van der Waals surface area (Å²) in [5.74, 6) is -1.94. The molecule has 5 heteroatoms. The van der Waals surface area contributed by atoms with E-state index in [0.717, 1.165) is 6.07 Å². The molecule has 2 aromatic carbocycles. The van der Waals surface area contributed by atoms with Crippen LogP contribution in [-0.4, -0.2) is 23.9 Å². The molecular formula is C16H14FNO3. The molecule has 0 atom stereocenters. The minimum absolute atomic E-state index is 0.0771. The third-order valence-corrected chi connectivity index (χ3v) is 3.15. The first kappa shape index (κ1) is 14.7. The number of halogens is 1. The molecule has 0 aliphatic heterocycles. The number of Topliss-reactive ketones (excluding diaryl/α,β-unsaturated/α-hetero) is 1. The highest BCUT2D eigenvalue weighted by atomic mass is 19.1. The minimum Gasteiger partial charge on any atom is -0.478 e. The Balaban J connectivity index is 2.35. The number of carbonyl (C=O) groups is 2. The Morgan fingerprint density at radius 2 is 1.86 bits per heavy atom. The van der Waals surface area contributed by atoms with Crippen molar-refractivity contribution in [1.29, 1.82) is 0 Å². The number of nitrogens with one attached hydrogen (secondary N) is 1. The number of rotatable bonds is 5. The van der Waals surface area contributed by atoms with Gasteiger partial charge < -0.3 is 10.4 Å². The van der Waals surface area contributed by atoms with Crippen LogP contribution in [0.15, 0.2) is 42.5 Å². The highest BCUT2D eigenvalue weighted by Crippen LogP contribution is 2.20. The summed E-state index contributed by atoms with van der Waals surface area (Å²) < 4.78 is 13.3. The fourth-order valence-electron chi connectivity index (χ4n) is 2.12. The number of carboxylic acids is 1. The summed E-state index contributed by atoms with van der Waals surface area (Å²) in [6, 6.07) is 10.2. The number of benzene rings is 2. The molecule has 0 aliphatic carbocycles. The summed E-state index contributed by atoms with van der Waals surface area (Å²) in [5, 5.41) is 11.9. The van der Waals surface area contributed by atoms with Crippen LogP contribution in [0.1, 0.15) is 26.3 Å². The van der Waals surface area contributed by atoms with Crippen LogP contribution in [0, 0.1) is 5.82 Å². The van der Waals surface area contributed by atoms with Gasteiger partial charge in [-0.15, -0.1) is 0 Å². The van der Waals surface area contributed by atoms with Crippen LogP contribution in [-0.2, 0) is 6.42 Å². The summed E-state index contributed by atoms with van der Waals surface area (Å²) in [7, 11) is 1.63. The van der Waals surface area contributed by atoms with E-state index >= 15 is 0 Å². The summed E-state index contributed by atoms with van der Waals surface area (Å²) in [5.41, 5.74) is 1.20. The second-order valence-corrected chi connectivity index (χ2v) is 4.50. The van der Waals surface area contributed by atoms with Gasteiger partial charge in [-0.05, 0) is 29.8 Å². The van der Waals surface area contributed by atoms with Gasteiger partial charge in [-0.2, -0.15) is 0 Å². The largest absolute Gasteiger partial charge is 0.478 e. The maximum Gasteiger partial charge on any atom is 0.335 e. The third-order valence-electron chi connectivity index (χ3n) is 3.15. The topological polar surface area (TPSA) is 66.4 Å². The molecule has 0 saturated heterocycles. The van der Waals surface area contributed by atoms with Gasteiger partial charge in [0.05, 0.1) is 5.56 Å². The van der Waals surface area contributed by atoms with E-state index in [1.54, 1.807) is 25.2 Å². The lowest BCUT2D eigenvalue weighted by Gasteiger charge is -2.09. The molecule has 0 unspecified atom stereocenters. The first-order valence-electron chi connectivity index (χ1n) is 6.34. The average Bonchev–Trinajstić information content (AvgIpc) is 2.47. The van der Waals surface area contributed by atoms with E-state index in [-0.39, 0.29) is 23.3 Å². The maximum atomic E-state index is 13.3. The summed E-state index contributed by atoms with van der Waals surface area (Å²) >= 11 is 0. The van der Waals surface area contributed by atoms with Gasteiger partial charge in [-0.3, -0.25) is 4.79 Å². The van der Waals surface area contributed by atoms with Crippen LogP contribution >= 0.6 is 0 Å². The first-order valence-corrected chi connectivity index (χ1v) is 6.34. The standard InChI is InChI=1S/C16H14FNO3/c1-18-14-7-6-11(17)9-13(14)15(19)8-10-4-2-3-5-12(10)16(20)21/h2-7,9,18H,8H2,1H3,(H,20,21). The number of hydrogen-bond donors (Lipinski definition) is 2. The van der Waals surface area contributed by atoms with Gasteiger partial charge in [0.1, 0.15) is 5.82 Å². The van der Waals surface area contributed by atoms with Crippen molar-refractivity contribution in [2.75, 3.05) is 12.4 Å². The molecule has 4 nitrogen and oxygen atoms in total.